The highest BCUT2D eigenvalue weighted by Crippen LogP contribution is 2.34. The second-order valence-electron chi connectivity index (χ2n) is 4.73. The highest BCUT2D eigenvalue weighted by Gasteiger charge is 2.32. The van der Waals surface area contributed by atoms with Gasteiger partial charge in [-0.3, -0.25) is 4.79 Å². The smallest absolute Gasteiger partial charge is 0.416 e. The monoisotopic (exact) mass is 394 g/mol. The summed E-state index contributed by atoms with van der Waals surface area (Å²) in [5, 5.41) is 0.941. The normalized spacial score (nSPS) is 12.1. The van der Waals surface area contributed by atoms with Gasteiger partial charge < -0.3 is 4.42 Å². The minimum atomic E-state index is -4.49. The molecule has 0 aliphatic heterocycles. The molecule has 0 N–H and O–H groups in total. The minimum Gasteiger partial charge on any atom is -0.449 e. The van der Waals surface area contributed by atoms with E-state index in [-0.39, 0.29) is 11.0 Å². The van der Waals surface area contributed by atoms with Gasteiger partial charge in [0.05, 0.1) is 10.9 Å². The zero-order valence-electron chi connectivity index (χ0n) is 12.0. The fourth-order valence-electron chi connectivity index (χ4n) is 2.16. The number of hydrogen-bond acceptors (Lipinski definition) is 3. The van der Waals surface area contributed by atoms with Crippen molar-refractivity contribution in [3.8, 4) is 0 Å². The molecule has 2 rings (SSSR count). The van der Waals surface area contributed by atoms with Crippen LogP contribution in [0.3, 0.4) is 0 Å². The van der Waals surface area contributed by atoms with Crippen LogP contribution in [0, 0.1) is 6.92 Å². The van der Waals surface area contributed by atoms with Crippen LogP contribution in [-0.2, 0) is 12.6 Å². The molecule has 0 aliphatic rings. The van der Waals surface area contributed by atoms with Gasteiger partial charge in [-0.05, 0) is 36.8 Å². The molecule has 7 heteroatoms. The fraction of sp³-hybridized carbons (Fsp3) is 0.400. The van der Waals surface area contributed by atoms with E-state index in [0.29, 0.717) is 33.7 Å². The van der Waals surface area contributed by atoms with Crippen molar-refractivity contribution in [3.63, 3.8) is 0 Å². The average Bonchev–Trinajstić information content (AvgIpc) is 2.44. The molecule has 0 aliphatic carbocycles. The highest BCUT2D eigenvalue weighted by atomic mass is 79.9. The van der Waals surface area contributed by atoms with Crippen LogP contribution in [-0.4, -0.2) is 11.1 Å². The van der Waals surface area contributed by atoms with Crippen LogP contribution < -0.4 is 5.43 Å². The predicted molar refractivity (Wildman–Crippen MR) is 86.1 cm³/mol. The third kappa shape index (κ3) is 3.35. The van der Waals surface area contributed by atoms with Gasteiger partial charge in [0.2, 0.25) is 0 Å². The van der Waals surface area contributed by atoms with E-state index in [1.54, 1.807) is 6.92 Å². The summed E-state index contributed by atoms with van der Waals surface area (Å²) in [5.74, 6) is 0.712. The summed E-state index contributed by atoms with van der Waals surface area (Å²) >= 11 is 4.59. The van der Waals surface area contributed by atoms with E-state index in [4.69, 9.17) is 4.42 Å². The topological polar surface area (TPSA) is 30.2 Å². The predicted octanol–water partition coefficient (Wildman–Crippen LogP) is 5.17. The van der Waals surface area contributed by atoms with Crippen LogP contribution in [0.1, 0.15) is 23.6 Å². The number of thioether (sulfide) groups is 1. The molecule has 0 amide bonds. The molecule has 120 valence electrons. The third-order valence-corrected chi connectivity index (χ3v) is 4.56. The second-order valence-corrected chi connectivity index (χ2v) is 6.76. The first-order chi connectivity index (χ1) is 10.3. The van der Waals surface area contributed by atoms with Gasteiger partial charge in [0.15, 0.2) is 10.5 Å². The van der Waals surface area contributed by atoms with Gasteiger partial charge in [-0.1, -0.05) is 34.6 Å². The summed E-state index contributed by atoms with van der Waals surface area (Å²) < 4.78 is 44.8. The van der Waals surface area contributed by atoms with Crippen LogP contribution >= 0.6 is 27.7 Å². The lowest BCUT2D eigenvalue weighted by molar-refractivity contribution is -0.137. The average molecular weight is 395 g/mol. The molecule has 22 heavy (non-hydrogen) atoms. The highest BCUT2D eigenvalue weighted by molar-refractivity contribution is 9.09. The number of fused-ring (bicyclic) bond motifs is 1. The Labute approximate surface area is 138 Å². The first-order valence-electron chi connectivity index (χ1n) is 6.65. The summed E-state index contributed by atoms with van der Waals surface area (Å²) in [6.45, 7) is 3.49. The summed E-state index contributed by atoms with van der Waals surface area (Å²) in [6, 6.07) is 1.94. The van der Waals surface area contributed by atoms with Gasteiger partial charge in [0, 0.05) is 10.9 Å². The summed E-state index contributed by atoms with van der Waals surface area (Å²) in [5.41, 5.74) is -0.239. The molecule has 0 bridgehead atoms. The molecule has 0 spiro atoms. The quantitative estimate of drug-likeness (QED) is 0.529. The number of aryl methyl sites for hydroxylation is 1. The van der Waals surface area contributed by atoms with Crippen LogP contribution in [0.2, 0.25) is 0 Å². The summed E-state index contributed by atoms with van der Waals surface area (Å²) in [4.78, 5) is 12.4. The van der Waals surface area contributed by atoms with Crippen molar-refractivity contribution in [1.29, 1.82) is 0 Å². The number of hydrogen-bond donors (Lipinski definition) is 0. The van der Waals surface area contributed by atoms with Crippen molar-refractivity contribution in [2.24, 2.45) is 0 Å². The largest absolute Gasteiger partial charge is 0.449 e. The van der Waals surface area contributed by atoms with Crippen molar-refractivity contribution in [2.75, 3.05) is 11.1 Å². The fourth-order valence-corrected chi connectivity index (χ4v) is 3.30. The Morgan fingerprint density at radius 2 is 2.00 bits per heavy atom. The van der Waals surface area contributed by atoms with E-state index < -0.39 is 17.2 Å². The van der Waals surface area contributed by atoms with E-state index in [1.807, 2.05) is 6.92 Å². The molecular formula is C15H14BrF3O2S. The number of halogens is 4. The van der Waals surface area contributed by atoms with Gasteiger partial charge in [0.25, 0.3) is 0 Å². The van der Waals surface area contributed by atoms with E-state index in [2.05, 4.69) is 15.9 Å². The van der Waals surface area contributed by atoms with Crippen LogP contribution in [0.5, 0.6) is 0 Å². The Morgan fingerprint density at radius 1 is 1.32 bits per heavy atom. The molecule has 2 aromatic rings. The number of benzene rings is 1. The molecule has 0 saturated heterocycles. The third-order valence-electron chi connectivity index (χ3n) is 3.22. The lowest BCUT2D eigenvalue weighted by Gasteiger charge is -2.13. The van der Waals surface area contributed by atoms with Crippen molar-refractivity contribution in [1.82, 2.24) is 0 Å². The lowest BCUT2D eigenvalue weighted by Crippen LogP contribution is -2.12. The zero-order valence-corrected chi connectivity index (χ0v) is 14.4. The Bertz CT molecular complexity index is 753. The Kier molecular flexibility index (Phi) is 5.27. The van der Waals surface area contributed by atoms with E-state index >= 15 is 0 Å². The summed E-state index contributed by atoms with van der Waals surface area (Å²) in [7, 11) is 0. The number of alkyl halides is 4. The van der Waals surface area contributed by atoms with Gasteiger partial charge in [-0.2, -0.15) is 13.2 Å². The zero-order chi connectivity index (χ0) is 16.5. The van der Waals surface area contributed by atoms with Gasteiger partial charge in [0.1, 0.15) is 5.58 Å². The Balaban J connectivity index is 2.84. The minimum absolute atomic E-state index is 0.0104. The molecule has 0 saturated carbocycles. The maximum absolute atomic E-state index is 13.0. The van der Waals surface area contributed by atoms with Crippen LogP contribution in [0.15, 0.2) is 26.4 Å². The summed E-state index contributed by atoms with van der Waals surface area (Å²) in [6.07, 6.45) is -4.14. The first-order valence-corrected chi connectivity index (χ1v) is 8.76. The number of rotatable bonds is 4. The van der Waals surface area contributed by atoms with Crippen LogP contribution in [0.25, 0.3) is 11.0 Å². The first kappa shape index (κ1) is 17.4. The molecule has 1 aromatic carbocycles. The van der Waals surface area contributed by atoms with Crippen molar-refractivity contribution >= 4 is 38.7 Å². The van der Waals surface area contributed by atoms with Crippen molar-refractivity contribution in [3.05, 3.63) is 39.0 Å². The van der Waals surface area contributed by atoms with Gasteiger partial charge in [-0.15, -0.1) is 0 Å². The maximum atomic E-state index is 13.0. The van der Waals surface area contributed by atoms with Crippen molar-refractivity contribution < 1.29 is 17.6 Å². The van der Waals surface area contributed by atoms with Crippen molar-refractivity contribution in [2.45, 2.75) is 31.5 Å². The Morgan fingerprint density at radius 3 is 2.55 bits per heavy atom. The molecular weight excluding hydrogens is 381 g/mol. The molecule has 1 heterocycles. The lowest BCUT2D eigenvalue weighted by atomic mass is 10.0. The van der Waals surface area contributed by atoms with Crippen LogP contribution in [0.4, 0.5) is 13.2 Å². The van der Waals surface area contributed by atoms with E-state index in [0.717, 1.165) is 12.1 Å². The molecule has 0 unspecified atom stereocenters. The standard InChI is InChI=1S/C15H14BrF3O2S/c1-3-22-14-8(2)12(20)11-7-10(15(17,18)19)6-9(4-5-16)13(11)21-14/h6-7H,3-5H2,1-2H3. The molecule has 2 nitrogen and oxygen atoms in total. The second kappa shape index (κ2) is 6.66. The Hall–Kier alpha value is -0.950. The molecule has 0 atom stereocenters. The van der Waals surface area contributed by atoms with E-state index in [9.17, 15) is 18.0 Å². The molecule has 0 radical (unpaired) electrons. The van der Waals surface area contributed by atoms with E-state index in [1.165, 1.54) is 11.8 Å². The maximum Gasteiger partial charge on any atom is 0.416 e. The SMILES string of the molecule is CCSc1oc2c(CCBr)cc(C(F)(F)F)cc2c(=O)c1C. The van der Waals surface area contributed by atoms with Gasteiger partial charge >= 0.3 is 6.18 Å². The molecule has 1 aromatic heterocycles. The van der Waals surface area contributed by atoms with Gasteiger partial charge in [-0.25, -0.2) is 0 Å². The molecule has 0 fully saturated rings.